The van der Waals surface area contributed by atoms with Gasteiger partial charge in [-0.3, -0.25) is 14.3 Å². The van der Waals surface area contributed by atoms with E-state index in [4.69, 9.17) is 0 Å². The molecule has 7 heteroatoms. The van der Waals surface area contributed by atoms with Crippen molar-refractivity contribution in [1.82, 2.24) is 15.1 Å². The van der Waals surface area contributed by atoms with Gasteiger partial charge in [0.2, 0.25) is 11.8 Å². The maximum Gasteiger partial charge on any atom is 0.227 e. The van der Waals surface area contributed by atoms with E-state index in [0.29, 0.717) is 13.1 Å². The summed E-state index contributed by atoms with van der Waals surface area (Å²) in [6.07, 6.45) is 3.90. The second-order valence-electron chi connectivity index (χ2n) is 6.44. The highest BCUT2D eigenvalue weighted by Gasteiger charge is 2.35. The summed E-state index contributed by atoms with van der Waals surface area (Å²) >= 11 is 3.47. The van der Waals surface area contributed by atoms with E-state index in [9.17, 15) is 9.59 Å². The Hall–Kier alpha value is -2.15. The fraction of sp³-hybridized carbons (Fsp3) is 0.389. The van der Waals surface area contributed by atoms with Crippen LogP contribution in [0.1, 0.15) is 13.3 Å². The van der Waals surface area contributed by atoms with Gasteiger partial charge < -0.3 is 10.2 Å². The normalized spacial score (nSPS) is 18.4. The Kier molecular flexibility index (Phi) is 5.53. The van der Waals surface area contributed by atoms with E-state index < -0.39 is 0 Å². The Morgan fingerprint density at radius 3 is 2.92 bits per heavy atom. The summed E-state index contributed by atoms with van der Waals surface area (Å²) in [6.45, 7) is 3.80. The smallest absolute Gasteiger partial charge is 0.227 e. The van der Waals surface area contributed by atoms with Crippen LogP contribution in [0.15, 0.2) is 47.2 Å². The molecule has 25 heavy (non-hydrogen) atoms. The van der Waals surface area contributed by atoms with Gasteiger partial charge >= 0.3 is 0 Å². The van der Waals surface area contributed by atoms with Crippen molar-refractivity contribution < 1.29 is 9.59 Å². The molecule has 1 aromatic carbocycles. The number of hydrogen-bond acceptors (Lipinski definition) is 3. The molecular weight excluding hydrogens is 384 g/mol. The lowest BCUT2D eigenvalue weighted by Crippen LogP contribution is -2.36. The molecule has 2 unspecified atom stereocenters. The zero-order chi connectivity index (χ0) is 17.8. The molecule has 2 atom stereocenters. The third-order valence-electron chi connectivity index (χ3n) is 4.32. The Morgan fingerprint density at radius 2 is 2.20 bits per heavy atom. The number of para-hydroxylation sites is 1. The standard InChI is InChI=1S/C18H21BrN4O2/c1-13(11-22-8-4-7-21-22)10-20-18(25)14-9-17(24)23(12-14)16-6-3-2-5-15(16)19/h2-8,13-14H,9-12H2,1H3,(H,20,25). The maximum atomic E-state index is 12.4. The van der Waals surface area contributed by atoms with Crippen LogP contribution < -0.4 is 10.2 Å². The van der Waals surface area contributed by atoms with Crippen molar-refractivity contribution in [2.75, 3.05) is 18.0 Å². The number of aromatic nitrogens is 2. The van der Waals surface area contributed by atoms with Gasteiger partial charge in [-0.1, -0.05) is 19.1 Å². The molecule has 0 spiro atoms. The lowest BCUT2D eigenvalue weighted by atomic mass is 10.1. The van der Waals surface area contributed by atoms with Crippen LogP contribution in [-0.2, 0) is 16.1 Å². The lowest BCUT2D eigenvalue weighted by molar-refractivity contribution is -0.126. The highest BCUT2D eigenvalue weighted by molar-refractivity contribution is 9.10. The number of amides is 2. The van der Waals surface area contributed by atoms with Crippen molar-refractivity contribution >= 4 is 33.4 Å². The predicted octanol–water partition coefficient (Wildman–Crippen LogP) is 2.45. The monoisotopic (exact) mass is 404 g/mol. The summed E-state index contributed by atoms with van der Waals surface area (Å²) in [5, 5.41) is 7.14. The Balaban J connectivity index is 1.53. The van der Waals surface area contributed by atoms with E-state index >= 15 is 0 Å². The first-order valence-electron chi connectivity index (χ1n) is 8.34. The van der Waals surface area contributed by atoms with Crippen molar-refractivity contribution in [3.8, 4) is 0 Å². The quantitative estimate of drug-likeness (QED) is 0.803. The van der Waals surface area contributed by atoms with Gasteiger partial charge in [0.1, 0.15) is 0 Å². The number of rotatable bonds is 6. The van der Waals surface area contributed by atoms with E-state index in [1.165, 1.54) is 0 Å². The molecule has 3 rings (SSSR count). The number of carbonyl (C=O) groups excluding carboxylic acids is 2. The van der Waals surface area contributed by atoms with Gasteiger partial charge in [-0.2, -0.15) is 5.10 Å². The van der Waals surface area contributed by atoms with Gasteiger partial charge in [0.05, 0.1) is 11.6 Å². The molecule has 6 nitrogen and oxygen atoms in total. The van der Waals surface area contributed by atoms with Crippen molar-refractivity contribution in [1.29, 1.82) is 0 Å². The molecule has 132 valence electrons. The van der Waals surface area contributed by atoms with Gasteiger partial charge in [-0.15, -0.1) is 0 Å². The molecule has 2 amide bonds. The van der Waals surface area contributed by atoms with Crippen LogP contribution in [0.3, 0.4) is 0 Å². The summed E-state index contributed by atoms with van der Waals surface area (Å²) in [5.41, 5.74) is 0.815. The average Bonchev–Trinajstić information content (AvgIpc) is 3.23. The summed E-state index contributed by atoms with van der Waals surface area (Å²) in [7, 11) is 0. The van der Waals surface area contributed by atoms with Crippen LogP contribution in [0.5, 0.6) is 0 Å². The van der Waals surface area contributed by atoms with Crippen molar-refractivity contribution in [3.05, 3.63) is 47.2 Å². The van der Waals surface area contributed by atoms with E-state index in [1.807, 2.05) is 41.2 Å². The Morgan fingerprint density at radius 1 is 1.40 bits per heavy atom. The molecule has 0 bridgehead atoms. The fourth-order valence-corrected chi connectivity index (χ4v) is 3.50. The summed E-state index contributed by atoms with van der Waals surface area (Å²) in [6, 6.07) is 9.45. The second-order valence-corrected chi connectivity index (χ2v) is 7.29. The van der Waals surface area contributed by atoms with Gasteiger partial charge in [-0.05, 0) is 40.0 Å². The minimum atomic E-state index is -0.309. The van der Waals surface area contributed by atoms with Crippen molar-refractivity contribution in [2.45, 2.75) is 19.9 Å². The molecule has 1 aliphatic heterocycles. The number of nitrogens with one attached hydrogen (secondary N) is 1. The second kappa shape index (κ2) is 7.82. The van der Waals surface area contributed by atoms with E-state index in [0.717, 1.165) is 16.7 Å². The summed E-state index contributed by atoms with van der Waals surface area (Å²) < 4.78 is 2.71. The molecule has 1 aromatic heterocycles. The number of nitrogens with zero attached hydrogens (tertiary/aromatic N) is 3. The Labute approximate surface area is 155 Å². The van der Waals surface area contributed by atoms with Crippen LogP contribution >= 0.6 is 15.9 Å². The number of anilines is 1. The highest BCUT2D eigenvalue weighted by Crippen LogP contribution is 2.31. The van der Waals surface area contributed by atoms with Crippen molar-refractivity contribution in [2.24, 2.45) is 11.8 Å². The summed E-state index contributed by atoms with van der Waals surface area (Å²) in [4.78, 5) is 26.4. The molecule has 1 fully saturated rings. The van der Waals surface area contributed by atoms with Crippen LogP contribution in [0.2, 0.25) is 0 Å². The zero-order valence-corrected chi connectivity index (χ0v) is 15.6. The van der Waals surface area contributed by atoms with Crippen LogP contribution in [0, 0.1) is 11.8 Å². The molecule has 2 heterocycles. The predicted molar refractivity (Wildman–Crippen MR) is 99.0 cm³/mol. The van der Waals surface area contributed by atoms with E-state index in [2.05, 4.69) is 33.3 Å². The zero-order valence-electron chi connectivity index (χ0n) is 14.1. The van der Waals surface area contributed by atoms with Crippen molar-refractivity contribution in [3.63, 3.8) is 0 Å². The van der Waals surface area contributed by atoms with Crippen LogP contribution in [0.25, 0.3) is 0 Å². The van der Waals surface area contributed by atoms with E-state index in [-0.39, 0.29) is 30.1 Å². The Bertz CT molecular complexity index is 747. The highest BCUT2D eigenvalue weighted by atomic mass is 79.9. The van der Waals surface area contributed by atoms with Gasteiger partial charge in [0, 0.05) is 42.9 Å². The third kappa shape index (κ3) is 4.28. The first-order valence-corrected chi connectivity index (χ1v) is 9.14. The van der Waals surface area contributed by atoms with Gasteiger partial charge in [0.15, 0.2) is 0 Å². The number of halogens is 1. The fourth-order valence-electron chi connectivity index (χ4n) is 3.00. The lowest BCUT2D eigenvalue weighted by Gasteiger charge is -2.18. The average molecular weight is 405 g/mol. The number of benzene rings is 1. The molecule has 1 N–H and O–H groups in total. The molecule has 0 radical (unpaired) electrons. The molecule has 2 aromatic rings. The number of carbonyl (C=O) groups is 2. The van der Waals surface area contributed by atoms with Gasteiger partial charge in [-0.25, -0.2) is 0 Å². The first-order chi connectivity index (χ1) is 12.0. The SMILES string of the molecule is CC(CNC(=O)C1CC(=O)N(c2ccccc2Br)C1)Cn1cccn1. The minimum Gasteiger partial charge on any atom is -0.355 e. The molecule has 1 saturated heterocycles. The minimum absolute atomic E-state index is 0.0170. The molecular formula is C18H21BrN4O2. The molecule has 0 aliphatic carbocycles. The maximum absolute atomic E-state index is 12.4. The number of hydrogen-bond donors (Lipinski definition) is 1. The summed E-state index contributed by atoms with van der Waals surface area (Å²) in [5.74, 6) is -0.122. The van der Waals surface area contributed by atoms with Crippen LogP contribution in [-0.4, -0.2) is 34.7 Å². The van der Waals surface area contributed by atoms with Gasteiger partial charge in [0.25, 0.3) is 0 Å². The molecule has 0 saturated carbocycles. The molecule has 1 aliphatic rings. The van der Waals surface area contributed by atoms with Crippen LogP contribution in [0.4, 0.5) is 5.69 Å². The largest absolute Gasteiger partial charge is 0.355 e. The first kappa shape index (κ1) is 17.7. The van der Waals surface area contributed by atoms with E-state index in [1.54, 1.807) is 11.1 Å². The third-order valence-corrected chi connectivity index (χ3v) is 4.99. The topological polar surface area (TPSA) is 67.2 Å².